The van der Waals surface area contributed by atoms with E-state index in [1.54, 1.807) is 11.3 Å². The number of thiophene rings is 1. The molecule has 0 saturated carbocycles. The van der Waals surface area contributed by atoms with Gasteiger partial charge in [-0.3, -0.25) is 4.79 Å². The highest BCUT2D eigenvalue weighted by atomic mass is 32.1. The molecule has 2 aromatic heterocycles. The highest BCUT2D eigenvalue weighted by Gasteiger charge is 2.21. The third kappa shape index (κ3) is 3.70. The number of nitrogens with zero attached hydrogens (tertiary/aromatic N) is 1. The molecule has 1 aliphatic rings. The third-order valence-corrected chi connectivity index (χ3v) is 6.56. The van der Waals surface area contributed by atoms with Crippen LogP contribution in [0.2, 0.25) is 0 Å². The van der Waals surface area contributed by atoms with Gasteiger partial charge in [0.1, 0.15) is 5.69 Å². The molecule has 5 heteroatoms. The first-order valence-electron chi connectivity index (χ1n) is 10.1. The number of hydrogen-bond donors (Lipinski definition) is 1. The summed E-state index contributed by atoms with van der Waals surface area (Å²) in [5, 5.41) is 10.3. The summed E-state index contributed by atoms with van der Waals surface area (Å²) < 4.78 is 5.35. The van der Waals surface area contributed by atoms with Gasteiger partial charge in [0.2, 0.25) is 5.91 Å². The van der Waals surface area contributed by atoms with Gasteiger partial charge < -0.3 is 9.84 Å². The van der Waals surface area contributed by atoms with Crippen molar-refractivity contribution in [2.45, 2.75) is 38.1 Å². The summed E-state index contributed by atoms with van der Waals surface area (Å²) in [5.41, 5.74) is 5.40. The summed E-state index contributed by atoms with van der Waals surface area (Å²) in [7, 11) is 0. The minimum Gasteiger partial charge on any atom is -0.356 e. The Morgan fingerprint density at radius 1 is 1.07 bits per heavy atom. The first-order valence-corrected chi connectivity index (χ1v) is 10.9. The Balaban J connectivity index is 1.41. The Morgan fingerprint density at radius 2 is 1.93 bits per heavy atom. The normalized spacial score (nSPS) is 14.5. The molecular formula is C24H22N2O2S. The topological polar surface area (TPSA) is 55.1 Å². The quantitative estimate of drug-likeness (QED) is 0.498. The number of carbonyl (C=O) groups is 1. The average Bonchev–Trinajstić information content (AvgIpc) is 3.42. The van der Waals surface area contributed by atoms with Crippen LogP contribution < -0.4 is 5.32 Å². The van der Waals surface area contributed by atoms with E-state index in [1.807, 2.05) is 30.3 Å². The van der Waals surface area contributed by atoms with Gasteiger partial charge in [-0.2, -0.15) is 0 Å². The molecule has 1 amide bonds. The van der Waals surface area contributed by atoms with Crippen LogP contribution in [0.5, 0.6) is 0 Å². The number of aryl methyl sites for hydroxylation is 2. The van der Waals surface area contributed by atoms with Crippen molar-refractivity contribution >= 4 is 28.2 Å². The van der Waals surface area contributed by atoms with E-state index in [0.717, 1.165) is 28.7 Å². The van der Waals surface area contributed by atoms with E-state index in [9.17, 15) is 4.79 Å². The molecule has 29 heavy (non-hydrogen) atoms. The molecule has 4 aromatic rings. The van der Waals surface area contributed by atoms with Gasteiger partial charge in [-0.15, -0.1) is 11.3 Å². The standard InChI is InChI=1S/C24H22N2O2S/c27-23(15-20-19-8-3-4-9-21(19)28-26-20)25-24(22-10-5-13-29-22)18-12-11-16-6-1-2-7-17(16)14-18/h3-5,8-14,24H,1-2,6-7,15H2,(H,25,27). The van der Waals surface area contributed by atoms with Crippen LogP contribution in [0.1, 0.15) is 46.1 Å². The second kappa shape index (κ2) is 7.84. The highest BCUT2D eigenvalue weighted by molar-refractivity contribution is 7.10. The number of fused-ring (bicyclic) bond motifs is 2. The zero-order chi connectivity index (χ0) is 19.6. The zero-order valence-corrected chi connectivity index (χ0v) is 16.9. The molecule has 0 radical (unpaired) electrons. The maximum absolute atomic E-state index is 12.9. The van der Waals surface area contributed by atoms with Gasteiger partial charge in [-0.25, -0.2) is 0 Å². The van der Waals surface area contributed by atoms with Gasteiger partial charge in [0, 0.05) is 10.3 Å². The predicted molar refractivity (Wildman–Crippen MR) is 115 cm³/mol. The molecule has 1 aliphatic carbocycles. The molecule has 1 atom stereocenters. The molecule has 146 valence electrons. The van der Waals surface area contributed by atoms with Crippen LogP contribution in [-0.2, 0) is 24.1 Å². The van der Waals surface area contributed by atoms with E-state index in [2.05, 4.69) is 40.1 Å². The summed E-state index contributed by atoms with van der Waals surface area (Å²) in [6.45, 7) is 0. The Labute approximate surface area is 173 Å². The van der Waals surface area contributed by atoms with Crippen molar-refractivity contribution in [3.63, 3.8) is 0 Å². The molecule has 0 saturated heterocycles. The van der Waals surface area contributed by atoms with Crippen LogP contribution >= 0.6 is 11.3 Å². The number of carbonyl (C=O) groups excluding carboxylic acids is 1. The number of nitrogens with one attached hydrogen (secondary N) is 1. The molecule has 2 aromatic carbocycles. The van der Waals surface area contributed by atoms with Crippen LogP contribution in [0.3, 0.4) is 0 Å². The lowest BCUT2D eigenvalue weighted by Gasteiger charge is -2.22. The minimum absolute atomic E-state index is 0.0554. The van der Waals surface area contributed by atoms with Crippen molar-refractivity contribution in [2.75, 3.05) is 0 Å². The number of rotatable bonds is 5. The van der Waals surface area contributed by atoms with Crippen molar-refractivity contribution in [2.24, 2.45) is 0 Å². The van der Waals surface area contributed by atoms with Crippen molar-refractivity contribution in [1.29, 1.82) is 0 Å². The summed E-state index contributed by atoms with van der Waals surface area (Å²) in [4.78, 5) is 14.1. The first kappa shape index (κ1) is 18.1. The van der Waals surface area contributed by atoms with Crippen molar-refractivity contribution in [3.05, 3.63) is 87.2 Å². The molecule has 5 rings (SSSR count). The highest BCUT2D eigenvalue weighted by Crippen LogP contribution is 2.30. The number of hydrogen-bond acceptors (Lipinski definition) is 4. The van der Waals surface area contributed by atoms with E-state index < -0.39 is 0 Å². The lowest BCUT2D eigenvalue weighted by molar-refractivity contribution is -0.121. The van der Waals surface area contributed by atoms with E-state index in [0.29, 0.717) is 11.3 Å². The van der Waals surface area contributed by atoms with Gasteiger partial charge in [0.25, 0.3) is 0 Å². The molecule has 1 N–H and O–H groups in total. The largest absolute Gasteiger partial charge is 0.356 e. The monoisotopic (exact) mass is 402 g/mol. The zero-order valence-electron chi connectivity index (χ0n) is 16.1. The van der Waals surface area contributed by atoms with Crippen LogP contribution in [0, 0.1) is 0 Å². The van der Waals surface area contributed by atoms with E-state index in [4.69, 9.17) is 4.52 Å². The molecule has 2 heterocycles. The molecule has 1 unspecified atom stereocenters. The number of benzene rings is 2. The van der Waals surface area contributed by atoms with Gasteiger partial charge in [0.15, 0.2) is 5.58 Å². The second-order valence-corrected chi connectivity index (χ2v) is 8.53. The summed E-state index contributed by atoms with van der Waals surface area (Å²) >= 11 is 1.67. The maximum atomic E-state index is 12.9. The molecular weight excluding hydrogens is 380 g/mol. The Morgan fingerprint density at radius 3 is 2.79 bits per heavy atom. The molecule has 0 bridgehead atoms. The Kier molecular flexibility index (Phi) is 4.90. The lowest BCUT2D eigenvalue weighted by Crippen LogP contribution is -2.30. The van der Waals surface area contributed by atoms with Gasteiger partial charge >= 0.3 is 0 Å². The van der Waals surface area contributed by atoms with E-state index in [-0.39, 0.29) is 18.4 Å². The molecule has 0 aliphatic heterocycles. The fourth-order valence-corrected chi connectivity index (χ4v) is 4.94. The SMILES string of the molecule is O=C(Cc1noc2ccccc12)NC(c1ccc2c(c1)CCCC2)c1cccs1. The van der Waals surface area contributed by atoms with Crippen LogP contribution in [-0.4, -0.2) is 11.1 Å². The Hall–Kier alpha value is -2.92. The summed E-state index contributed by atoms with van der Waals surface area (Å²) in [6, 6.07) is 18.3. The van der Waals surface area contributed by atoms with Crippen molar-refractivity contribution < 1.29 is 9.32 Å². The third-order valence-electron chi connectivity index (χ3n) is 5.62. The minimum atomic E-state index is -0.145. The second-order valence-electron chi connectivity index (χ2n) is 7.55. The van der Waals surface area contributed by atoms with Crippen LogP contribution in [0.15, 0.2) is 64.5 Å². The van der Waals surface area contributed by atoms with Gasteiger partial charge in [-0.05, 0) is 66.0 Å². The van der Waals surface area contributed by atoms with Gasteiger partial charge in [-0.1, -0.05) is 41.6 Å². The fraction of sp³-hybridized carbons (Fsp3) is 0.250. The van der Waals surface area contributed by atoms with E-state index in [1.165, 1.54) is 24.0 Å². The molecule has 0 spiro atoms. The summed E-state index contributed by atoms with van der Waals surface area (Å²) in [6.07, 6.45) is 4.99. The van der Waals surface area contributed by atoms with Crippen LogP contribution in [0.4, 0.5) is 0 Å². The average molecular weight is 403 g/mol. The predicted octanol–water partition coefficient (Wildman–Crippen LogP) is 5.22. The smallest absolute Gasteiger partial charge is 0.226 e. The van der Waals surface area contributed by atoms with Gasteiger partial charge in [0.05, 0.1) is 12.5 Å². The summed E-state index contributed by atoms with van der Waals surface area (Å²) in [5.74, 6) is -0.0554. The lowest BCUT2D eigenvalue weighted by atomic mass is 9.89. The number of para-hydroxylation sites is 1. The fourth-order valence-electron chi connectivity index (χ4n) is 4.14. The van der Waals surface area contributed by atoms with Crippen LogP contribution in [0.25, 0.3) is 11.0 Å². The number of aromatic nitrogens is 1. The van der Waals surface area contributed by atoms with Crippen molar-refractivity contribution in [1.82, 2.24) is 10.5 Å². The van der Waals surface area contributed by atoms with Crippen molar-refractivity contribution in [3.8, 4) is 0 Å². The molecule has 0 fully saturated rings. The first-order chi connectivity index (χ1) is 14.3. The molecule has 4 nitrogen and oxygen atoms in total. The Bertz CT molecular complexity index is 1150. The number of amides is 1. The van der Waals surface area contributed by atoms with E-state index >= 15 is 0 Å². The maximum Gasteiger partial charge on any atom is 0.226 e.